The van der Waals surface area contributed by atoms with E-state index in [9.17, 15) is 0 Å². The smallest absolute Gasteiger partial charge is 0.0941 e. The van der Waals surface area contributed by atoms with Gasteiger partial charge in [0.15, 0.2) is 0 Å². The molecule has 23 heavy (non-hydrogen) atoms. The Labute approximate surface area is 137 Å². The molecular weight excluding hydrogens is 286 g/mol. The molecule has 4 rings (SSSR count). The van der Waals surface area contributed by atoms with Crippen LogP contribution in [0.5, 0.6) is 0 Å². The first kappa shape index (κ1) is 14.9. The highest BCUT2D eigenvalue weighted by Gasteiger charge is 2.39. The van der Waals surface area contributed by atoms with Gasteiger partial charge < -0.3 is 4.74 Å². The minimum Gasteiger partial charge on any atom is -0.378 e. The highest BCUT2D eigenvalue weighted by molar-refractivity contribution is 5.67. The van der Waals surface area contributed by atoms with Gasteiger partial charge in [-0.25, -0.2) is 4.68 Å². The molecule has 0 saturated heterocycles. The minimum atomic E-state index is 0.293. The van der Waals surface area contributed by atoms with E-state index in [0.29, 0.717) is 17.9 Å². The maximum absolute atomic E-state index is 6.21. The molecule has 2 aliphatic carbocycles. The summed E-state index contributed by atoms with van der Waals surface area (Å²) in [6.45, 7) is 2.89. The summed E-state index contributed by atoms with van der Waals surface area (Å²) < 4.78 is 8.17. The predicted octanol–water partition coefficient (Wildman–Crippen LogP) is 3.72. The summed E-state index contributed by atoms with van der Waals surface area (Å²) >= 11 is 0. The highest BCUT2D eigenvalue weighted by atomic mass is 16.5. The van der Waals surface area contributed by atoms with Crippen LogP contribution in [-0.2, 0) is 18.2 Å². The number of benzene rings is 1. The van der Waals surface area contributed by atoms with Crippen LogP contribution in [0.15, 0.2) is 24.3 Å². The lowest BCUT2D eigenvalue weighted by Crippen LogP contribution is -2.35. The monoisotopic (exact) mass is 311 g/mol. The highest BCUT2D eigenvalue weighted by Crippen LogP contribution is 2.46. The number of hydrogen-bond donors (Lipinski definition) is 0. The molecule has 1 saturated carbocycles. The Morgan fingerprint density at radius 3 is 2.91 bits per heavy atom. The van der Waals surface area contributed by atoms with Crippen molar-refractivity contribution in [3.8, 4) is 11.3 Å². The van der Waals surface area contributed by atoms with Gasteiger partial charge in [0.2, 0.25) is 0 Å². The Balaban J connectivity index is 1.89. The topological polar surface area (TPSA) is 39.9 Å². The Kier molecular flexibility index (Phi) is 3.93. The standard InChI is InChI=1S/C19H25N3O/c1-3-23-17-12-13-8-4-5-9-14(13)19-18(20-21-22(19)2)16-11-7-6-10-15(16)17/h4-5,8-9,15-17H,3,6-7,10-12H2,1-2H3. The molecule has 0 aliphatic heterocycles. The lowest BCUT2D eigenvalue weighted by atomic mass is 9.71. The van der Waals surface area contributed by atoms with Gasteiger partial charge in [-0.1, -0.05) is 42.3 Å². The Bertz CT molecular complexity index is 694. The lowest BCUT2D eigenvalue weighted by molar-refractivity contribution is -0.00131. The number of hydrogen-bond acceptors (Lipinski definition) is 3. The third-order valence-corrected chi connectivity index (χ3v) is 5.58. The molecule has 2 aromatic rings. The van der Waals surface area contributed by atoms with Gasteiger partial charge >= 0.3 is 0 Å². The summed E-state index contributed by atoms with van der Waals surface area (Å²) in [5, 5.41) is 8.96. The van der Waals surface area contributed by atoms with Crippen molar-refractivity contribution in [2.45, 2.75) is 51.0 Å². The van der Waals surface area contributed by atoms with E-state index in [2.05, 4.69) is 41.5 Å². The molecule has 0 amide bonds. The Hall–Kier alpha value is -1.68. The van der Waals surface area contributed by atoms with Crippen LogP contribution < -0.4 is 0 Å². The number of aryl methyl sites for hydroxylation is 1. The summed E-state index contributed by atoms with van der Waals surface area (Å²) in [4.78, 5) is 0. The summed E-state index contributed by atoms with van der Waals surface area (Å²) in [5.74, 6) is 1.05. The third kappa shape index (κ3) is 2.49. The van der Waals surface area contributed by atoms with Crippen molar-refractivity contribution in [2.75, 3.05) is 6.61 Å². The van der Waals surface area contributed by atoms with Crippen molar-refractivity contribution in [3.63, 3.8) is 0 Å². The zero-order chi connectivity index (χ0) is 15.8. The molecule has 1 heterocycles. The molecule has 0 radical (unpaired) electrons. The number of nitrogens with zero attached hydrogens (tertiary/aromatic N) is 3. The van der Waals surface area contributed by atoms with Crippen LogP contribution in [0.1, 0.15) is 49.8 Å². The summed E-state index contributed by atoms with van der Waals surface area (Å²) in [6.07, 6.45) is 6.34. The van der Waals surface area contributed by atoms with Gasteiger partial charge in [-0.3, -0.25) is 0 Å². The zero-order valence-corrected chi connectivity index (χ0v) is 14.0. The first-order valence-corrected chi connectivity index (χ1v) is 8.89. The van der Waals surface area contributed by atoms with Gasteiger partial charge in [-0.15, -0.1) is 5.10 Å². The molecule has 1 fully saturated rings. The molecule has 1 aromatic carbocycles. The van der Waals surface area contributed by atoms with Gasteiger partial charge in [-0.2, -0.15) is 0 Å². The van der Waals surface area contributed by atoms with Crippen molar-refractivity contribution in [1.29, 1.82) is 0 Å². The maximum atomic E-state index is 6.21. The molecule has 3 unspecified atom stereocenters. The molecule has 0 N–H and O–H groups in total. The first-order chi connectivity index (χ1) is 11.3. The molecule has 0 spiro atoms. The molecule has 2 aliphatic rings. The van der Waals surface area contributed by atoms with Crippen molar-refractivity contribution < 1.29 is 4.74 Å². The zero-order valence-electron chi connectivity index (χ0n) is 14.0. The fraction of sp³-hybridized carbons (Fsp3) is 0.579. The first-order valence-electron chi connectivity index (χ1n) is 8.89. The minimum absolute atomic E-state index is 0.293. The van der Waals surface area contributed by atoms with Crippen LogP contribution in [0.25, 0.3) is 11.3 Å². The quantitative estimate of drug-likeness (QED) is 0.848. The van der Waals surface area contributed by atoms with Gasteiger partial charge in [-0.05, 0) is 37.7 Å². The number of fused-ring (bicyclic) bond motifs is 5. The molecular formula is C19H25N3O. The number of ether oxygens (including phenoxy) is 1. The van der Waals surface area contributed by atoms with Gasteiger partial charge in [0.25, 0.3) is 0 Å². The van der Waals surface area contributed by atoms with E-state index in [4.69, 9.17) is 4.74 Å². The lowest BCUT2D eigenvalue weighted by Gasteiger charge is -2.38. The van der Waals surface area contributed by atoms with Crippen LogP contribution in [-0.4, -0.2) is 27.7 Å². The van der Waals surface area contributed by atoms with Crippen molar-refractivity contribution in [2.24, 2.45) is 13.0 Å². The van der Waals surface area contributed by atoms with Crippen LogP contribution in [0.2, 0.25) is 0 Å². The van der Waals surface area contributed by atoms with Gasteiger partial charge in [0.1, 0.15) is 0 Å². The fourth-order valence-corrected chi connectivity index (χ4v) is 4.57. The number of rotatable bonds is 2. The van der Waals surface area contributed by atoms with Crippen molar-refractivity contribution in [3.05, 3.63) is 35.5 Å². The maximum Gasteiger partial charge on any atom is 0.0941 e. The largest absolute Gasteiger partial charge is 0.378 e. The second-order valence-corrected chi connectivity index (χ2v) is 6.86. The van der Waals surface area contributed by atoms with Crippen LogP contribution in [0, 0.1) is 5.92 Å². The van der Waals surface area contributed by atoms with Crippen LogP contribution in [0.4, 0.5) is 0 Å². The average molecular weight is 311 g/mol. The molecule has 4 nitrogen and oxygen atoms in total. The Morgan fingerprint density at radius 1 is 1.22 bits per heavy atom. The second-order valence-electron chi connectivity index (χ2n) is 6.86. The van der Waals surface area contributed by atoms with E-state index in [1.54, 1.807) is 0 Å². The molecule has 1 aromatic heterocycles. The molecule has 4 heteroatoms. The second kappa shape index (κ2) is 6.08. The fourth-order valence-electron chi connectivity index (χ4n) is 4.57. The van der Waals surface area contributed by atoms with Gasteiger partial charge in [0.05, 0.1) is 17.5 Å². The average Bonchev–Trinajstić information content (AvgIpc) is 2.95. The Morgan fingerprint density at radius 2 is 2.04 bits per heavy atom. The van der Waals surface area contributed by atoms with E-state index >= 15 is 0 Å². The summed E-state index contributed by atoms with van der Waals surface area (Å²) in [7, 11) is 2.02. The van der Waals surface area contributed by atoms with Crippen LogP contribution in [0.3, 0.4) is 0 Å². The SMILES string of the molecule is CCOC1Cc2ccccc2-c2c(nnn2C)C2CCCCC12. The third-order valence-electron chi connectivity index (χ3n) is 5.58. The summed E-state index contributed by atoms with van der Waals surface area (Å²) in [6, 6.07) is 8.70. The molecule has 3 atom stereocenters. The van der Waals surface area contributed by atoms with Crippen molar-refractivity contribution >= 4 is 0 Å². The van der Waals surface area contributed by atoms with E-state index in [-0.39, 0.29) is 0 Å². The van der Waals surface area contributed by atoms with E-state index < -0.39 is 0 Å². The number of aromatic nitrogens is 3. The predicted molar refractivity (Wildman–Crippen MR) is 90.3 cm³/mol. The van der Waals surface area contributed by atoms with Gasteiger partial charge in [0, 0.05) is 25.1 Å². The van der Waals surface area contributed by atoms with Crippen LogP contribution >= 0.6 is 0 Å². The molecule has 122 valence electrons. The van der Waals surface area contributed by atoms with E-state index in [0.717, 1.165) is 13.0 Å². The summed E-state index contributed by atoms with van der Waals surface area (Å²) in [5.41, 5.74) is 5.05. The molecule has 0 bridgehead atoms. The van der Waals surface area contributed by atoms with Crippen molar-refractivity contribution in [1.82, 2.24) is 15.0 Å². The van der Waals surface area contributed by atoms with E-state index in [1.807, 2.05) is 11.7 Å². The van der Waals surface area contributed by atoms with E-state index in [1.165, 1.54) is 48.2 Å². The normalized spacial score (nSPS) is 26.6.